The van der Waals surface area contributed by atoms with Crippen molar-refractivity contribution in [2.75, 3.05) is 13.2 Å². The molecule has 1 saturated heterocycles. The first kappa shape index (κ1) is 9.72. The maximum atomic E-state index is 10.3. The van der Waals surface area contributed by atoms with Crippen LogP contribution in [0.5, 0.6) is 0 Å². The lowest BCUT2D eigenvalue weighted by Crippen LogP contribution is -2.24. The number of carboxylic acid groups (broad SMARTS) is 1. The molecular weight excluding hydrogens is 156 g/mol. The Morgan fingerprint density at radius 2 is 2.30 bits per heavy atom. The van der Waals surface area contributed by atoms with Gasteiger partial charge in [-0.15, -0.1) is 12.4 Å². The van der Waals surface area contributed by atoms with Gasteiger partial charge >= 0.3 is 5.97 Å². The van der Waals surface area contributed by atoms with E-state index in [2.05, 4.69) is 0 Å². The van der Waals surface area contributed by atoms with Gasteiger partial charge in [0.1, 0.15) is 0 Å². The SMILES string of the molecule is Cl.O=C(O)C1CCCOC1. The fourth-order valence-corrected chi connectivity index (χ4v) is 0.935. The zero-order valence-electron chi connectivity index (χ0n) is 5.58. The number of rotatable bonds is 1. The number of hydrogen-bond donors (Lipinski definition) is 1. The van der Waals surface area contributed by atoms with E-state index in [-0.39, 0.29) is 18.3 Å². The molecule has 1 atom stereocenters. The van der Waals surface area contributed by atoms with Crippen molar-refractivity contribution in [3.63, 3.8) is 0 Å². The summed E-state index contributed by atoms with van der Waals surface area (Å²) in [6.07, 6.45) is 1.66. The number of hydrogen-bond acceptors (Lipinski definition) is 2. The summed E-state index contributed by atoms with van der Waals surface area (Å²) in [4.78, 5) is 10.3. The predicted octanol–water partition coefficient (Wildman–Crippen LogP) is 0.919. The first-order valence-electron chi connectivity index (χ1n) is 3.11. The smallest absolute Gasteiger partial charge is 0.308 e. The molecule has 0 aliphatic carbocycles. The summed E-state index contributed by atoms with van der Waals surface area (Å²) in [5, 5.41) is 8.46. The molecule has 1 heterocycles. The minimum absolute atomic E-state index is 0. The Labute approximate surface area is 65.8 Å². The Bertz CT molecular complexity index is 110. The molecule has 0 aromatic carbocycles. The van der Waals surface area contributed by atoms with E-state index in [1.165, 1.54) is 0 Å². The molecule has 3 nitrogen and oxygen atoms in total. The molecule has 0 spiro atoms. The van der Waals surface area contributed by atoms with Crippen molar-refractivity contribution in [1.82, 2.24) is 0 Å². The van der Waals surface area contributed by atoms with Gasteiger partial charge < -0.3 is 9.84 Å². The van der Waals surface area contributed by atoms with Gasteiger partial charge in [0.15, 0.2) is 0 Å². The second kappa shape index (κ2) is 4.52. The van der Waals surface area contributed by atoms with Crippen molar-refractivity contribution in [3.05, 3.63) is 0 Å². The summed E-state index contributed by atoms with van der Waals surface area (Å²) in [5.74, 6) is -0.978. The van der Waals surface area contributed by atoms with Crippen molar-refractivity contribution < 1.29 is 14.6 Å². The van der Waals surface area contributed by atoms with Crippen LogP contribution in [0.2, 0.25) is 0 Å². The second-order valence-corrected chi connectivity index (χ2v) is 2.25. The Kier molecular flexibility index (Phi) is 4.40. The van der Waals surface area contributed by atoms with Gasteiger partial charge in [-0.05, 0) is 12.8 Å². The fraction of sp³-hybridized carbons (Fsp3) is 0.833. The van der Waals surface area contributed by atoms with E-state index in [0.717, 1.165) is 19.4 Å². The Morgan fingerprint density at radius 3 is 2.60 bits per heavy atom. The van der Waals surface area contributed by atoms with Crippen LogP contribution in [-0.4, -0.2) is 24.3 Å². The predicted molar refractivity (Wildman–Crippen MR) is 38.4 cm³/mol. The molecule has 10 heavy (non-hydrogen) atoms. The molecule has 0 amide bonds. The Balaban J connectivity index is 0.000000810. The maximum absolute atomic E-state index is 10.3. The molecule has 1 N–H and O–H groups in total. The highest BCUT2D eigenvalue weighted by Crippen LogP contribution is 2.12. The van der Waals surface area contributed by atoms with Crippen LogP contribution < -0.4 is 0 Å². The number of aliphatic carboxylic acids is 1. The third kappa shape index (κ3) is 2.54. The first-order valence-corrected chi connectivity index (χ1v) is 3.11. The number of ether oxygens (including phenoxy) is 1. The lowest BCUT2D eigenvalue weighted by molar-refractivity contribution is -0.145. The first-order chi connectivity index (χ1) is 4.30. The molecule has 0 aromatic rings. The lowest BCUT2D eigenvalue weighted by Gasteiger charge is -2.17. The number of carboxylic acids is 1. The highest BCUT2D eigenvalue weighted by Gasteiger charge is 2.20. The van der Waals surface area contributed by atoms with Crippen LogP contribution >= 0.6 is 12.4 Å². The van der Waals surface area contributed by atoms with E-state index >= 15 is 0 Å². The molecule has 1 fully saturated rings. The van der Waals surface area contributed by atoms with Crippen molar-refractivity contribution >= 4 is 18.4 Å². The van der Waals surface area contributed by atoms with Crippen molar-refractivity contribution in [1.29, 1.82) is 0 Å². The summed E-state index contributed by atoms with van der Waals surface area (Å²) in [7, 11) is 0. The summed E-state index contributed by atoms with van der Waals surface area (Å²) < 4.78 is 4.96. The minimum Gasteiger partial charge on any atom is -0.481 e. The molecular formula is C6H11ClO3. The van der Waals surface area contributed by atoms with Gasteiger partial charge in [0, 0.05) is 6.61 Å². The van der Waals surface area contributed by atoms with Gasteiger partial charge in [0.05, 0.1) is 12.5 Å². The molecule has 0 bridgehead atoms. The molecule has 4 heteroatoms. The van der Waals surface area contributed by atoms with Gasteiger partial charge in [0.2, 0.25) is 0 Å². The van der Waals surface area contributed by atoms with Crippen LogP contribution in [-0.2, 0) is 9.53 Å². The van der Waals surface area contributed by atoms with Crippen LogP contribution in [0, 0.1) is 5.92 Å². The minimum atomic E-state index is -0.727. The number of halogens is 1. The van der Waals surface area contributed by atoms with Crippen LogP contribution in [0.1, 0.15) is 12.8 Å². The van der Waals surface area contributed by atoms with Crippen LogP contribution in [0.15, 0.2) is 0 Å². The third-order valence-corrected chi connectivity index (χ3v) is 1.51. The van der Waals surface area contributed by atoms with Crippen LogP contribution in [0.4, 0.5) is 0 Å². The quantitative estimate of drug-likeness (QED) is 0.630. The van der Waals surface area contributed by atoms with Crippen LogP contribution in [0.3, 0.4) is 0 Å². The average molecular weight is 167 g/mol. The molecule has 0 saturated carbocycles. The number of carbonyl (C=O) groups is 1. The topological polar surface area (TPSA) is 46.5 Å². The zero-order chi connectivity index (χ0) is 6.69. The normalized spacial score (nSPS) is 25.0. The Morgan fingerprint density at radius 1 is 1.60 bits per heavy atom. The second-order valence-electron chi connectivity index (χ2n) is 2.25. The monoisotopic (exact) mass is 166 g/mol. The molecule has 60 valence electrons. The molecule has 1 unspecified atom stereocenters. The summed E-state index contributed by atoms with van der Waals surface area (Å²) in [6.45, 7) is 1.12. The van der Waals surface area contributed by atoms with Gasteiger partial charge in [-0.25, -0.2) is 0 Å². The standard InChI is InChI=1S/C6H10O3.ClH/c7-6(8)5-2-1-3-9-4-5;/h5H,1-4H2,(H,7,8);1H. The van der Waals surface area contributed by atoms with E-state index < -0.39 is 5.97 Å². The van der Waals surface area contributed by atoms with Crippen molar-refractivity contribution in [2.24, 2.45) is 5.92 Å². The van der Waals surface area contributed by atoms with E-state index in [9.17, 15) is 4.79 Å². The summed E-state index contributed by atoms with van der Waals surface area (Å²) in [5.41, 5.74) is 0. The molecule has 0 radical (unpaired) electrons. The van der Waals surface area contributed by atoms with Gasteiger partial charge in [-0.1, -0.05) is 0 Å². The molecule has 1 rings (SSSR count). The van der Waals surface area contributed by atoms with E-state index in [0.29, 0.717) is 6.61 Å². The van der Waals surface area contributed by atoms with Gasteiger partial charge in [-0.3, -0.25) is 4.79 Å². The van der Waals surface area contributed by atoms with Gasteiger partial charge in [0.25, 0.3) is 0 Å². The van der Waals surface area contributed by atoms with Crippen molar-refractivity contribution in [3.8, 4) is 0 Å². The van der Waals surface area contributed by atoms with Gasteiger partial charge in [-0.2, -0.15) is 0 Å². The average Bonchev–Trinajstić information content (AvgIpc) is 1.90. The van der Waals surface area contributed by atoms with E-state index in [4.69, 9.17) is 9.84 Å². The fourth-order valence-electron chi connectivity index (χ4n) is 0.935. The highest BCUT2D eigenvalue weighted by atomic mass is 35.5. The van der Waals surface area contributed by atoms with E-state index in [1.807, 2.05) is 0 Å². The zero-order valence-corrected chi connectivity index (χ0v) is 6.39. The molecule has 0 aromatic heterocycles. The summed E-state index contributed by atoms with van der Waals surface area (Å²) in [6, 6.07) is 0. The van der Waals surface area contributed by atoms with E-state index in [1.54, 1.807) is 0 Å². The van der Waals surface area contributed by atoms with Crippen LogP contribution in [0.25, 0.3) is 0 Å². The van der Waals surface area contributed by atoms with Crippen molar-refractivity contribution in [2.45, 2.75) is 12.8 Å². The largest absolute Gasteiger partial charge is 0.481 e. The molecule has 1 aliphatic rings. The maximum Gasteiger partial charge on any atom is 0.308 e. The third-order valence-electron chi connectivity index (χ3n) is 1.51. The lowest BCUT2D eigenvalue weighted by atomic mass is 10.0. The highest BCUT2D eigenvalue weighted by molar-refractivity contribution is 5.85. The summed E-state index contributed by atoms with van der Waals surface area (Å²) >= 11 is 0. The molecule has 1 aliphatic heterocycles. The Hall–Kier alpha value is -0.280.